The number of H-pyrrole nitrogens is 1. The van der Waals surface area contributed by atoms with Crippen LogP contribution in [0, 0.1) is 10.6 Å². The fourth-order valence-corrected chi connectivity index (χ4v) is 1.60. The van der Waals surface area contributed by atoms with Crippen molar-refractivity contribution in [1.29, 1.82) is 0 Å². The monoisotopic (exact) mass is 223 g/mol. The van der Waals surface area contributed by atoms with E-state index in [0.717, 1.165) is 0 Å². The molecule has 5 heteroatoms. The Bertz CT molecular complexity index is 556. The van der Waals surface area contributed by atoms with Crippen LogP contribution in [0.4, 0.5) is 10.2 Å². The summed E-state index contributed by atoms with van der Waals surface area (Å²) in [4.78, 5) is 2.88. The highest BCUT2D eigenvalue weighted by molar-refractivity contribution is 7.71. The van der Waals surface area contributed by atoms with E-state index >= 15 is 0 Å². The molecule has 0 saturated carbocycles. The summed E-state index contributed by atoms with van der Waals surface area (Å²) in [5.41, 5.74) is 6.76. The first-order valence-electron chi connectivity index (χ1n) is 4.40. The maximum absolute atomic E-state index is 13.5. The van der Waals surface area contributed by atoms with Crippen LogP contribution in [-0.4, -0.2) is 9.55 Å². The molecule has 0 fully saturated rings. The van der Waals surface area contributed by atoms with Crippen LogP contribution < -0.4 is 5.73 Å². The molecule has 0 amide bonds. The summed E-state index contributed by atoms with van der Waals surface area (Å²) in [5.74, 6) is 0.117. The van der Waals surface area contributed by atoms with Crippen molar-refractivity contribution in [3.05, 3.63) is 34.9 Å². The number of halogens is 1. The minimum Gasteiger partial charge on any atom is -0.383 e. The van der Waals surface area contributed by atoms with Gasteiger partial charge >= 0.3 is 0 Å². The third-order valence-electron chi connectivity index (χ3n) is 2.30. The number of nitrogens with zero attached hydrogens (tertiary/aromatic N) is 1. The van der Waals surface area contributed by atoms with Crippen LogP contribution in [0.15, 0.2) is 24.3 Å². The van der Waals surface area contributed by atoms with Gasteiger partial charge in [-0.15, -0.1) is 0 Å². The molecule has 1 heterocycles. The predicted molar refractivity (Wildman–Crippen MR) is 60.4 cm³/mol. The van der Waals surface area contributed by atoms with Crippen molar-refractivity contribution in [3.63, 3.8) is 0 Å². The second-order valence-corrected chi connectivity index (χ2v) is 3.62. The van der Waals surface area contributed by atoms with E-state index in [-0.39, 0.29) is 5.82 Å². The maximum Gasteiger partial charge on any atom is 0.178 e. The number of rotatable bonds is 1. The van der Waals surface area contributed by atoms with Crippen molar-refractivity contribution in [2.24, 2.45) is 7.05 Å². The van der Waals surface area contributed by atoms with Crippen molar-refractivity contribution >= 4 is 18.0 Å². The summed E-state index contributed by atoms with van der Waals surface area (Å²) in [6.07, 6.45) is 0. The van der Waals surface area contributed by atoms with Crippen LogP contribution in [0.5, 0.6) is 0 Å². The highest BCUT2D eigenvalue weighted by Gasteiger charge is 2.11. The summed E-state index contributed by atoms with van der Waals surface area (Å²) >= 11 is 5.01. The molecular formula is C10H10FN3S. The van der Waals surface area contributed by atoms with Gasteiger partial charge in [0, 0.05) is 12.6 Å². The molecule has 0 saturated heterocycles. The van der Waals surface area contributed by atoms with E-state index in [1.165, 1.54) is 6.07 Å². The van der Waals surface area contributed by atoms with E-state index in [9.17, 15) is 4.39 Å². The first kappa shape index (κ1) is 9.92. The number of anilines is 1. The second-order valence-electron chi connectivity index (χ2n) is 3.23. The van der Waals surface area contributed by atoms with Gasteiger partial charge in [-0.25, -0.2) is 4.39 Å². The minimum absolute atomic E-state index is 0.318. The van der Waals surface area contributed by atoms with Crippen LogP contribution in [0.2, 0.25) is 0 Å². The van der Waals surface area contributed by atoms with E-state index in [1.807, 2.05) is 0 Å². The number of aromatic nitrogens is 2. The molecule has 0 aliphatic heterocycles. The molecule has 0 atom stereocenters. The van der Waals surface area contributed by atoms with E-state index in [1.54, 1.807) is 29.8 Å². The standard InChI is InChI=1S/C10H10FN3S/c1-14-9(12)8(13-10(14)15)6-4-2-3-5-7(6)11/h2-5H,12H2,1H3,(H,13,15). The minimum atomic E-state index is -0.318. The van der Waals surface area contributed by atoms with E-state index in [2.05, 4.69) is 4.98 Å². The summed E-state index contributed by atoms with van der Waals surface area (Å²) in [5, 5.41) is 0. The smallest absolute Gasteiger partial charge is 0.178 e. The fraction of sp³-hybridized carbons (Fsp3) is 0.100. The Hall–Kier alpha value is -1.62. The van der Waals surface area contributed by atoms with Gasteiger partial charge in [0.05, 0.1) is 5.69 Å². The first-order chi connectivity index (χ1) is 7.11. The topological polar surface area (TPSA) is 46.7 Å². The van der Waals surface area contributed by atoms with Crippen LogP contribution in [0.25, 0.3) is 11.3 Å². The largest absolute Gasteiger partial charge is 0.383 e. The summed E-state index contributed by atoms with van der Waals surface area (Å²) in [6.45, 7) is 0. The summed E-state index contributed by atoms with van der Waals surface area (Å²) in [7, 11) is 1.73. The van der Waals surface area contributed by atoms with Crippen LogP contribution >= 0.6 is 12.2 Å². The van der Waals surface area contributed by atoms with E-state index in [0.29, 0.717) is 21.8 Å². The Morgan fingerprint density at radius 3 is 2.60 bits per heavy atom. The number of nitrogen functional groups attached to an aromatic ring is 1. The molecule has 2 rings (SSSR count). The average molecular weight is 223 g/mol. The molecule has 1 aromatic carbocycles. The molecule has 0 radical (unpaired) electrons. The SMILES string of the molecule is Cn1c(N)c(-c2ccccc2F)[nH]c1=S. The Morgan fingerprint density at radius 2 is 2.07 bits per heavy atom. The zero-order valence-electron chi connectivity index (χ0n) is 8.12. The Kier molecular flexibility index (Phi) is 2.32. The molecule has 3 nitrogen and oxygen atoms in total. The second kappa shape index (κ2) is 3.51. The maximum atomic E-state index is 13.5. The molecule has 0 unspecified atom stereocenters. The summed E-state index contributed by atoms with van der Waals surface area (Å²) in [6, 6.07) is 6.43. The van der Waals surface area contributed by atoms with Gasteiger partial charge in [-0.05, 0) is 24.4 Å². The zero-order chi connectivity index (χ0) is 11.0. The lowest BCUT2D eigenvalue weighted by atomic mass is 10.1. The lowest BCUT2D eigenvalue weighted by Gasteiger charge is -2.01. The van der Waals surface area contributed by atoms with E-state index < -0.39 is 0 Å². The molecule has 0 aliphatic rings. The van der Waals surface area contributed by atoms with Gasteiger partial charge in [0.25, 0.3) is 0 Å². The molecule has 15 heavy (non-hydrogen) atoms. The molecule has 3 N–H and O–H groups in total. The van der Waals surface area contributed by atoms with Crippen LogP contribution in [-0.2, 0) is 7.05 Å². The van der Waals surface area contributed by atoms with Crippen molar-refractivity contribution in [2.75, 3.05) is 5.73 Å². The number of nitrogens with one attached hydrogen (secondary N) is 1. The van der Waals surface area contributed by atoms with Crippen LogP contribution in [0.3, 0.4) is 0 Å². The number of hydrogen-bond acceptors (Lipinski definition) is 2. The molecular weight excluding hydrogens is 213 g/mol. The Labute approximate surface area is 91.4 Å². The van der Waals surface area contributed by atoms with Gasteiger partial charge in [0.1, 0.15) is 11.6 Å². The van der Waals surface area contributed by atoms with Gasteiger partial charge in [0.2, 0.25) is 0 Å². The van der Waals surface area contributed by atoms with Crippen molar-refractivity contribution in [1.82, 2.24) is 9.55 Å². The molecule has 2 aromatic rings. The Morgan fingerprint density at radius 1 is 1.40 bits per heavy atom. The van der Waals surface area contributed by atoms with Gasteiger partial charge < -0.3 is 15.3 Å². The number of aromatic amines is 1. The van der Waals surface area contributed by atoms with Crippen molar-refractivity contribution in [2.45, 2.75) is 0 Å². The first-order valence-corrected chi connectivity index (χ1v) is 4.81. The lowest BCUT2D eigenvalue weighted by Crippen LogP contribution is -1.97. The molecule has 0 aliphatic carbocycles. The molecule has 0 spiro atoms. The highest BCUT2D eigenvalue weighted by atomic mass is 32.1. The average Bonchev–Trinajstić information content (AvgIpc) is 2.47. The number of hydrogen-bond donors (Lipinski definition) is 2. The van der Waals surface area contributed by atoms with Gasteiger partial charge in [-0.1, -0.05) is 12.1 Å². The zero-order valence-corrected chi connectivity index (χ0v) is 8.94. The molecule has 1 aromatic heterocycles. The third kappa shape index (κ3) is 1.55. The van der Waals surface area contributed by atoms with Gasteiger partial charge in [0.15, 0.2) is 4.77 Å². The summed E-state index contributed by atoms with van der Waals surface area (Å²) < 4.78 is 15.6. The normalized spacial score (nSPS) is 10.5. The quantitative estimate of drug-likeness (QED) is 0.729. The van der Waals surface area contributed by atoms with Crippen molar-refractivity contribution < 1.29 is 4.39 Å². The Balaban J connectivity index is 2.70. The van der Waals surface area contributed by atoms with Crippen molar-refractivity contribution in [3.8, 4) is 11.3 Å². The molecule has 0 bridgehead atoms. The van der Waals surface area contributed by atoms with E-state index in [4.69, 9.17) is 18.0 Å². The number of imidazole rings is 1. The third-order valence-corrected chi connectivity index (χ3v) is 2.67. The number of benzene rings is 1. The highest BCUT2D eigenvalue weighted by Crippen LogP contribution is 2.26. The van der Waals surface area contributed by atoms with Gasteiger partial charge in [-0.2, -0.15) is 0 Å². The predicted octanol–water partition coefficient (Wildman–Crippen LogP) is 2.47. The van der Waals surface area contributed by atoms with Gasteiger partial charge in [-0.3, -0.25) is 0 Å². The molecule has 78 valence electrons. The van der Waals surface area contributed by atoms with Crippen LogP contribution in [0.1, 0.15) is 0 Å². The lowest BCUT2D eigenvalue weighted by molar-refractivity contribution is 0.631. The fourth-order valence-electron chi connectivity index (χ4n) is 1.40. The number of nitrogens with two attached hydrogens (primary N) is 1.